The Morgan fingerprint density at radius 3 is 2.35 bits per heavy atom. The summed E-state index contributed by atoms with van der Waals surface area (Å²) >= 11 is 0. The third-order valence-electron chi connectivity index (χ3n) is 2.96. The minimum atomic E-state index is 0.134. The zero-order chi connectivity index (χ0) is 12.3. The van der Waals surface area contributed by atoms with Gasteiger partial charge in [-0.05, 0) is 24.6 Å². The van der Waals surface area contributed by atoms with Crippen LogP contribution in [-0.4, -0.2) is 34.0 Å². The van der Waals surface area contributed by atoms with Crippen LogP contribution in [0.5, 0.6) is 11.5 Å². The Morgan fingerprint density at radius 2 is 1.88 bits per heavy atom. The average molecular weight is 237 g/mol. The first-order chi connectivity index (χ1) is 8.26. The monoisotopic (exact) mass is 237 g/mol. The summed E-state index contributed by atoms with van der Waals surface area (Å²) in [5, 5.41) is 3.42. The topological polar surface area (TPSA) is 39.7 Å². The Morgan fingerprint density at radius 1 is 1.24 bits per heavy atom. The van der Waals surface area contributed by atoms with Gasteiger partial charge in [-0.3, -0.25) is 0 Å². The molecule has 1 aliphatic heterocycles. The molecule has 1 aromatic rings. The lowest BCUT2D eigenvalue weighted by Gasteiger charge is -2.27. The predicted octanol–water partition coefficient (Wildman–Crippen LogP) is 1.67. The highest BCUT2D eigenvalue weighted by molar-refractivity contribution is 5.50. The fourth-order valence-electron chi connectivity index (χ4n) is 2.16. The van der Waals surface area contributed by atoms with E-state index in [1.54, 1.807) is 14.2 Å². The van der Waals surface area contributed by atoms with Crippen LogP contribution in [0.25, 0.3) is 0 Å². The maximum atomic E-state index is 5.49. The van der Waals surface area contributed by atoms with Gasteiger partial charge in [-0.15, -0.1) is 0 Å². The molecular formula is C13H19NO3. The second kappa shape index (κ2) is 5.38. The van der Waals surface area contributed by atoms with Crippen LogP contribution in [-0.2, 0) is 4.74 Å². The van der Waals surface area contributed by atoms with Crippen molar-refractivity contribution < 1.29 is 14.2 Å². The second-order valence-corrected chi connectivity index (χ2v) is 4.16. The van der Waals surface area contributed by atoms with Crippen molar-refractivity contribution in [1.29, 1.82) is 0 Å². The van der Waals surface area contributed by atoms with E-state index in [1.165, 1.54) is 0 Å². The minimum absolute atomic E-state index is 0.134. The highest BCUT2D eigenvalue weighted by Crippen LogP contribution is 2.36. The Hall–Kier alpha value is -1.26. The van der Waals surface area contributed by atoms with Crippen LogP contribution >= 0.6 is 0 Å². The highest BCUT2D eigenvalue weighted by atomic mass is 16.5. The van der Waals surface area contributed by atoms with E-state index in [1.807, 2.05) is 19.1 Å². The van der Waals surface area contributed by atoms with Crippen LogP contribution < -0.4 is 14.8 Å². The molecule has 94 valence electrons. The number of aryl methyl sites for hydroxylation is 1. The Bertz CT molecular complexity index is 361. The first kappa shape index (κ1) is 12.2. The van der Waals surface area contributed by atoms with E-state index in [0.717, 1.165) is 35.8 Å². The lowest BCUT2D eigenvalue weighted by molar-refractivity contribution is 0.0752. The first-order valence-electron chi connectivity index (χ1n) is 5.80. The molecule has 1 N–H and O–H groups in total. The Balaban J connectivity index is 2.41. The lowest BCUT2D eigenvalue weighted by atomic mass is 10.0. The van der Waals surface area contributed by atoms with E-state index in [9.17, 15) is 0 Å². The molecular weight excluding hydrogens is 218 g/mol. The van der Waals surface area contributed by atoms with Crippen molar-refractivity contribution in [2.45, 2.75) is 13.0 Å². The van der Waals surface area contributed by atoms with E-state index in [4.69, 9.17) is 14.2 Å². The summed E-state index contributed by atoms with van der Waals surface area (Å²) in [5.41, 5.74) is 2.17. The molecule has 1 heterocycles. The SMILES string of the molecule is COc1cc(C)cc(OC)c1C1COCCN1. The summed E-state index contributed by atoms with van der Waals surface area (Å²) in [6.07, 6.45) is 0. The molecule has 0 aliphatic carbocycles. The van der Waals surface area contributed by atoms with E-state index >= 15 is 0 Å². The number of hydrogen-bond acceptors (Lipinski definition) is 4. The molecule has 1 saturated heterocycles. The Labute approximate surface area is 102 Å². The van der Waals surface area contributed by atoms with E-state index in [2.05, 4.69) is 5.32 Å². The predicted molar refractivity (Wildman–Crippen MR) is 65.8 cm³/mol. The normalized spacial score (nSPS) is 20.1. The van der Waals surface area contributed by atoms with Gasteiger partial charge in [0.25, 0.3) is 0 Å². The first-order valence-corrected chi connectivity index (χ1v) is 5.80. The molecule has 17 heavy (non-hydrogen) atoms. The minimum Gasteiger partial charge on any atom is -0.496 e. The second-order valence-electron chi connectivity index (χ2n) is 4.16. The van der Waals surface area contributed by atoms with E-state index < -0.39 is 0 Å². The maximum absolute atomic E-state index is 5.49. The van der Waals surface area contributed by atoms with Crippen molar-refractivity contribution in [3.63, 3.8) is 0 Å². The summed E-state index contributed by atoms with van der Waals surface area (Å²) in [5.74, 6) is 1.70. The van der Waals surface area contributed by atoms with Gasteiger partial charge in [-0.25, -0.2) is 0 Å². The molecule has 0 radical (unpaired) electrons. The largest absolute Gasteiger partial charge is 0.496 e. The summed E-state index contributed by atoms with van der Waals surface area (Å²) in [6, 6.07) is 4.18. The molecule has 4 heteroatoms. The molecule has 0 spiro atoms. The number of rotatable bonds is 3. The molecule has 0 saturated carbocycles. The molecule has 1 aromatic carbocycles. The average Bonchev–Trinajstić information content (AvgIpc) is 2.38. The van der Waals surface area contributed by atoms with Crippen LogP contribution in [0.15, 0.2) is 12.1 Å². The number of benzene rings is 1. The van der Waals surface area contributed by atoms with Gasteiger partial charge in [0.1, 0.15) is 11.5 Å². The van der Waals surface area contributed by atoms with Crippen LogP contribution in [0.1, 0.15) is 17.2 Å². The van der Waals surface area contributed by atoms with Crippen LogP contribution in [0.4, 0.5) is 0 Å². The molecule has 2 rings (SSSR count). The van der Waals surface area contributed by atoms with Gasteiger partial charge in [0.05, 0.1) is 39.0 Å². The van der Waals surface area contributed by atoms with Crippen molar-refractivity contribution in [3.8, 4) is 11.5 Å². The van der Waals surface area contributed by atoms with Gasteiger partial charge in [0.15, 0.2) is 0 Å². The van der Waals surface area contributed by atoms with Crippen molar-refractivity contribution in [1.82, 2.24) is 5.32 Å². The number of nitrogens with one attached hydrogen (secondary N) is 1. The summed E-state index contributed by atoms with van der Waals surface area (Å²) < 4.78 is 16.4. The fraction of sp³-hybridized carbons (Fsp3) is 0.538. The van der Waals surface area contributed by atoms with Gasteiger partial charge >= 0.3 is 0 Å². The van der Waals surface area contributed by atoms with Gasteiger partial charge < -0.3 is 19.5 Å². The van der Waals surface area contributed by atoms with Gasteiger partial charge in [0.2, 0.25) is 0 Å². The van der Waals surface area contributed by atoms with Crippen LogP contribution in [0.2, 0.25) is 0 Å². The van der Waals surface area contributed by atoms with E-state index in [-0.39, 0.29) is 6.04 Å². The van der Waals surface area contributed by atoms with Crippen molar-refractivity contribution in [2.75, 3.05) is 34.0 Å². The molecule has 1 unspecified atom stereocenters. The van der Waals surface area contributed by atoms with Crippen molar-refractivity contribution in [3.05, 3.63) is 23.3 Å². The summed E-state index contributed by atoms with van der Waals surface area (Å²) in [6.45, 7) is 4.28. The molecule has 0 amide bonds. The third-order valence-corrected chi connectivity index (χ3v) is 2.96. The summed E-state index contributed by atoms with van der Waals surface area (Å²) in [7, 11) is 3.36. The Kier molecular flexibility index (Phi) is 3.86. The molecule has 0 aromatic heterocycles. The molecule has 1 fully saturated rings. The van der Waals surface area contributed by atoms with Crippen molar-refractivity contribution in [2.24, 2.45) is 0 Å². The fourth-order valence-corrected chi connectivity index (χ4v) is 2.16. The molecule has 0 bridgehead atoms. The van der Waals surface area contributed by atoms with Gasteiger partial charge in [0, 0.05) is 6.54 Å². The van der Waals surface area contributed by atoms with Crippen molar-refractivity contribution >= 4 is 0 Å². The number of hydrogen-bond donors (Lipinski definition) is 1. The van der Waals surface area contributed by atoms with Gasteiger partial charge in [-0.1, -0.05) is 0 Å². The quantitative estimate of drug-likeness (QED) is 0.868. The standard InChI is InChI=1S/C13H19NO3/c1-9-6-11(15-2)13(12(7-9)16-3)10-8-17-5-4-14-10/h6-7,10,14H,4-5,8H2,1-3H3. The zero-order valence-electron chi connectivity index (χ0n) is 10.6. The zero-order valence-corrected chi connectivity index (χ0v) is 10.6. The molecule has 1 aliphatic rings. The lowest BCUT2D eigenvalue weighted by Crippen LogP contribution is -2.35. The smallest absolute Gasteiger partial charge is 0.127 e. The summed E-state index contributed by atoms with van der Waals surface area (Å²) in [4.78, 5) is 0. The number of methoxy groups -OCH3 is 2. The highest BCUT2D eigenvalue weighted by Gasteiger charge is 2.23. The molecule has 1 atom stereocenters. The number of ether oxygens (including phenoxy) is 3. The molecule has 4 nitrogen and oxygen atoms in total. The van der Waals surface area contributed by atoms with Crippen LogP contribution in [0, 0.1) is 6.92 Å². The van der Waals surface area contributed by atoms with Crippen LogP contribution in [0.3, 0.4) is 0 Å². The third kappa shape index (κ3) is 2.53. The number of morpholine rings is 1. The maximum Gasteiger partial charge on any atom is 0.127 e. The van der Waals surface area contributed by atoms with Gasteiger partial charge in [-0.2, -0.15) is 0 Å². The van der Waals surface area contributed by atoms with E-state index in [0.29, 0.717) is 6.61 Å².